The van der Waals surface area contributed by atoms with Gasteiger partial charge in [0, 0.05) is 18.8 Å². The van der Waals surface area contributed by atoms with Crippen molar-refractivity contribution in [2.24, 2.45) is 23.3 Å². The first-order valence-electron chi connectivity index (χ1n) is 9.72. The molecule has 0 aromatic heterocycles. The first-order valence-corrected chi connectivity index (χ1v) is 9.72. The van der Waals surface area contributed by atoms with Crippen molar-refractivity contribution in [3.05, 3.63) is 41.8 Å². The fourth-order valence-corrected chi connectivity index (χ4v) is 3.78. The molecule has 3 atom stereocenters. The van der Waals surface area contributed by atoms with Gasteiger partial charge in [0.2, 0.25) is 11.8 Å². The fourth-order valence-electron chi connectivity index (χ4n) is 3.78. The normalized spacial score (nSPS) is 21.1. The Morgan fingerprint density at radius 2 is 1.93 bits per heavy atom. The summed E-state index contributed by atoms with van der Waals surface area (Å²) in [7, 11) is 0. The van der Waals surface area contributed by atoms with E-state index < -0.39 is 35.4 Å². The number of primary amides is 2. The van der Waals surface area contributed by atoms with Crippen LogP contribution in [0.15, 0.2) is 24.3 Å². The molecule has 29 heavy (non-hydrogen) atoms. The lowest BCUT2D eigenvalue weighted by Crippen LogP contribution is -2.38. The van der Waals surface area contributed by atoms with Crippen LogP contribution >= 0.6 is 0 Å². The van der Waals surface area contributed by atoms with Crippen LogP contribution in [0.5, 0.6) is 0 Å². The van der Waals surface area contributed by atoms with E-state index in [1.54, 1.807) is 30.7 Å². The van der Waals surface area contributed by atoms with Gasteiger partial charge in [0.25, 0.3) is 5.91 Å². The highest BCUT2D eigenvalue weighted by Gasteiger charge is 2.39. The second-order valence-electron chi connectivity index (χ2n) is 8.08. The van der Waals surface area contributed by atoms with E-state index in [1.165, 1.54) is 6.92 Å². The Labute approximate surface area is 169 Å². The number of hydrogen-bond acceptors (Lipinski definition) is 4. The minimum Gasteiger partial charge on any atom is -0.393 e. The van der Waals surface area contributed by atoms with Crippen LogP contribution in [0.25, 0.3) is 0 Å². The molecule has 1 radical (unpaired) electrons. The van der Waals surface area contributed by atoms with Gasteiger partial charge in [-0.2, -0.15) is 0 Å². The number of nitrogens with two attached hydrogens (primary N) is 2. The molecule has 1 fully saturated rings. The number of hydrogen-bond donors (Lipinski definition) is 4. The van der Waals surface area contributed by atoms with Gasteiger partial charge in [-0.05, 0) is 56.1 Å². The lowest BCUT2D eigenvalue weighted by Gasteiger charge is -2.33. The molecule has 6 nitrogen and oxygen atoms in total. The van der Waals surface area contributed by atoms with Gasteiger partial charge in [-0.25, -0.2) is 8.78 Å². The number of amides is 2. The summed E-state index contributed by atoms with van der Waals surface area (Å²) in [5.41, 5.74) is 9.94. The number of carbonyl (C=O) groups excluding carboxylic acids is 2. The molecule has 0 bridgehead atoms. The van der Waals surface area contributed by atoms with Crippen molar-refractivity contribution in [3.63, 3.8) is 0 Å². The van der Waals surface area contributed by atoms with Crippen LogP contribution in [-0.2, 0) is 21.6 Å². The number of benzene rings is 1. The van der Waals surface area contributed by atoms with Crippen LogP contribution in [0.1, 0.15) is 50.2 Å². The SMILES string of the molecule is CC(O)(C(N)=O)c1cccc(C[CH]C(O)CC(C(N)=O)C2CCC(F)(F)CC2)c1. The fraction of sp³-hybridized carbons (Fsp3) is 0.571. The van der Waals surface area contributed by atoms with Gasteiger partial charge in [0.1, 0.15) is 0 Å². The Balaban J connectivity index is 1.95. The van der Waals surface area contributed by atoms with Crippen molar-refractivity contribution in [1.82, 2.24) is 0 Å². The molecule has 1 aliphatic carbocycles. The van der Waals surface area contributed by atoms with E-state index in [4.69, 9.17) is 11.5 Å². The number of halogens is 2. The number of carbonyl (C=O) groups is 2. The van der Waals surface area contributed by atoms with Crippen LogP contribution in [0.4, 0.5) is 8.78 Å². The molecule has 3 unspecified atom stereocenters. The predicted octanol–water partition coefficient (Wildman–Crippen LogP) is 1.80. The highest BCUT2D eigenvalue weighted by atomic mass is 19.3. The highest BCUT2D eigenvalue weighted by Crippen LogP contribution is 2.40. The Bertz CT molecular complexity index is 729. The second kappa shape index (κ2) is 9.17. The first-order chi connectivity index (χ1) is 13.4. The minimum absolute atomic E-state index is 0.0737. The summed E-state index contributed by atoms with van der Waals surface area (Å²) in [6, 6.07) is 6.62. The maximum absolute atomic E-state index is 13.4. The molecule has 8 heteroatoms. The van der Waals surface area contributed by atoms with Gasteiger partial charge in [0.05, 0.1) is 6.10 Å². The second-order valence-corrected chi connectivity index (χ2v) is 8.08. The number of rotatable bonds is 9. The van der Waals surface area contributed by atoms with Gasteiger partial charge in [-0.1, -0.05) is 24.3 Å². The van der Waals surface area contributed by atoms with Crippen molar-refractivity contribution in [3.8, 4) is 0 Å². The van der Waals surface area contributed by atoms with E-state index in [9.17, 15) is 28.6 Å². The lowest BCUT2D eigenvalue weighted by molar-refractivity contribution is -0.135. The van der Waals surface area contributed by atoms with E-state index in [-0.39, 0.29) is 38.0 Å². The van der Waals surface area contributed by atoms with Crippen LogP contribution < -0.4 is 11.5 Å². The summed E-state index contributed by atoms with van der Waals surface area (Å²) in [6.07, 6.45) is 0.903. The molecule has 1 saturated carbocycles. The van der Waals surface area contributed by atoms with E-state index in [1.807, 2.05) is 0 Å². The topological polar surface area (TPSA) is 127 Å². The van der Waals surface area contributed by atoms with E-state index in [2.05, 4.69) is 0 Å². The average molecular weight is 411 g/mol. The summed E-state index contributed by atoms with van der Waals surface area (Å²) >= 11 is 0. The number of aliphatic hydroxyl groups excluding tert-OH is 1. The van der Waals surface area contributed by atoms with Crippen molar-refractivity contribution < 1.29 is 28.6 Å². The smallest absolute Gasteiger partial charge is 0.253 e. The molecule has 2 rings (SSSR count). The third kappa shape index (κ3) is 6.21. The van der Waals surface area contributed by atoms with Crippen LogP contribution in [0.3, 0.4) is 0 Å². The Morgan fingerprint density at radius 3 is 2.48 bits per heavy atom. The molecular formula is C21H29F2N2O4. The standard InChI is InChI=1S/C21H29F2N2O4/c1-20(29,19(25)28)15-4-2-3-13(11-15)5-6-16(26)12-17(18(24)27)14-7-9-21(22,23)10-8-14/h2-4,6,11,14,16-17,26,29H,5,7-10,12H2,1H3,(H2,24,27)(H2,25,28). The molecular weight excluding hydrogens is 382 g/mol. The van der Waals surface area contributed by atoms with Crippen LogP contribution in [-0.4, -0.2) is 34.1 Å². The molecule has 6 N–H and O–H groups in total. The summed E-state index contributed by atoms with van der Waals surface area (Å²) in [5, 5.41) is 20.5. The van der Waals surface area contributed by atoms with Crippen LogP contribution in [0.2, 0.25) is 0 Å². The summed E-state index contributed by atoms with van der Waals surface area (Å²) in [5.74, 6) is -5.09. The van der Waals surface area contributed by atoms with Crippen molar-refractivity contribution in [2.45, 2.75) is 63.1 Å². The van der Waals surface area contributed by atoms with Gasteiger partial charge >= 0.3 is 0 Å². The van der Waals surface area contributed by atoms with Crippen molar-refractivity contribution in [2.75, 3.05) is 0 Å². The zero-order valence-corrected chi connectivity index (χ0v) is 16.5. The summed E-state index contributed by atoms with van der Waals surface area (Å²) in [4.78, 5) is 23.2. The van der Waals surface area contributed by atoms with Crippen molar-refractivity contribution >= 4 is 11.8 Å². The molecule has 2 amide bonds. The van der Waals surface area contributed by atoms with E-state index in [0.29, 0.717) is 12.0 Å². The molecule has 161 valence electrons. The quantitative estimate of drug-likeness (QED) is 0.494. The molecule has 0 spiro atoms. The third-order valence-corrected chi connectivity index (χ3v) is 5.79. The first kappa shape index (κ1) is 23.2. The molecule has 1 aliphatic rings. The molecule has 0 heterocycles. The predicted molar refractivity (Wildman–Crippen MR) is 103 cm³/mol. The zero-order valence-electron chi connectivity index (χ0n) is 16.5. The average Bonchev–Trinajstić information content (AvgIpc) is 2.64. The molecule has 1 aromatic carbocycles. The summed E-state index contributed by atoms with van der Waals surface area (Å²) in [6.45, 7) is 1.30. The minimum atomic E-state index is -2.69. The zero-order chi connectivity index (χ0) is 21.8. The Hall–Kier alpha value is -2.06. The largest absolute Gasteiger partial charge is 0.393 e. The van der Waals surface area contributed by atoms with Gasteiger partial charge < -0.3 is 21.7 Å². The van der Waals surface area contributed by atoms with Gasteiger partial charge in [0.15, 0.2) is 5.60 Å². The van der Waals surface area contributed by atoms with E-state index >= 15 is 0 Å². The van der Waals surface area contributed by atoms with Crippen LogP contribution in [0, 0.1) is 18.3 Å². The number of alkyl halides is 2. The Kier molecular flexibility index (Phi) is 7.35. The summed E-state index contributed by atoms with van der Waals surface area (Å²) < 4.78 is 26.7. The maximum atomic E-state index is 13.4. The van der Waals surface area contributed by atoms with Gasteiger partial charge in [-0.15, -0.1) is 0 Å². The molecule has 0 aliphatic heterocycles. The van der Waals surface area contributed by atoms with Gasteiger partial charge in [-0.3, -0.25) is 9.59 Å². The monoisotopic (exact) mass is 411 g/mol. The molecule has 1 aromatic rings. The molecule has 0 saturated heterocycles. The number of aliphatic hydroxyl groups is 2. The third-order valence-electron chi connectivity index (χ3n) is 5.79. The highest BCUT2D eigenvalue weighted by molar-refractivity contribution is 5.84. The Morgan fingerprint density at radius 1 is 1.31 bits per heavy atom. The van der Waals surface area contributed by atoms with Crippen molar-refractivity contribution in [1.29, 1.82) is 0 Å². The van der Waals surface area contributed by atoms with E-state index in [0.717, 1.165) is 5.56 Å². The lowest BCUT2D eigenvalue weighted by atomic mass is 9.75. The maximum Gasteiger partial charge on any atom is 0.253 e.